The fourth-order valence-corrected chi connectivity index (χ4v) is 3.84. The lowest BCUT2D eigenvalue weighted by molar-refractivity contribution is 0.603. The van der Waals surface area contributed by atoms with Crippen molar-refractivity contribution in [2.24, 2.45) is 0 Å². The molecule has 0 N–H and O–H groups in total. The van der Waals surface area contributed by atoms with Crippen LogP contribution >= 0.6 is 11.8 Å². The molecule has 1 aliphatic carbocycles. The van der Waals surface area contributed by atoms with Gasteiger partial charge >= 0.3 is 0 Å². The van der Waals surface area contributed by atoms with E-state index in [0.29, 0.717) is 11.7 Å². The molecule has 2 rings (SSSR count). The number of hydrogen-bond donors (Lipinski definition) is 0. The highest BCUT2D eigenvalue weighted by Crippen LogP contribution is 2.39. The van der Waals surface area contributed by atoms with E-state index in [9.17, 15) is 8.42 Å². The SMILES string of the molecule is CCn1c(SCCS(C)(=O)=O)nnc1C1CC1. The molecule has 7 heteroatoms. The van der Waals surface area contributed by atoms with Crippen molar-refractivity contribution in [1.82, 2.24) is 14.8 Å². The molecule has 0 atom stereocenters. The lowest BCUT2D eigenvalue weighted by atomic mass is 10.4. The number of aromatic nitrogens is 3. The molecular weight excluding hydrogens is 258 g/mol. The van der Waals surface area contributed by atoms with Crippen molar-refractivity contribution in [2.45, 2.75) is 37.4 Å². The Balaban J connectivity index is 2.00. The molecule has 0 amide bonds. The third kappa shape index (κ3) is 3.45. The van der Waals surface area contributed by atoms with Gasteiger partial charge in [-0.25, -0.2) is 8.42 Å². The van der Waals surface area contributed by atoms with Gasteiger partial charge in [-0.3, -0.25) is 0 Å². The van der Waals surface area contributed by atoms with Gasteiger partial charge in [-0.15, -0.1) is 10.2 Å². The highest BCUT2D eigenvalue weighted by molar-refractivity contribution is 8.00. The highest BCUT2D eigenvalue weighted by atomic mass is 32.2. The molecule has 1 aliphatic rings. The summed E-state index contributed by atoms with van der Waals surface area (Å²) in [5, 5.41) is 9.20. The smallest absolute Gasteiger partial charge is 0.191 e. The summed E-state index contributed by atoms with van der Waals surface area (Å²) < 4.78 is 24.2. The van der Waals surface area contributed by atoms with Crippen molar-refractivity contribution in [3.05, 3.63) is 5.82 Å². The maximum absolute atomic E-state index is 11.0. The zero-order valence-corrected chi connectivity index (χ0v) is 11.7. The Kier molecular flexibility index (Phi) is 3.77. The Morgan fingerprint density at radius 2 is 2.12 bits per heavy atom. The molecule has 0 bridgehead atoms. The Morgan fingerprint density at radius 1 is 1.41 bits per heavy atom. The molecule has 1 fully saturated rings. The minimum absolute atomic E-state index is 0.188. The third-order valence-corrected chi connectivity index (χ3v) is 4.86. The quantitative estimate of drug-likeness (QED) is 0.732. The Bertz CT molecular complexity index is 492. The second-order valence-corrected chi connectivity index (χ2v) is 7.66. The van der Waals surface area contributed by atoms with Crippen LogP contribution in [0.1, 0.15) is 31.5 Å². The van der Waals surface area contributed by atoms with Crippen molar-refractivity contribution in [2.75, 3.05) is 17.8 Å². The molecule has 1 saturated carbocycles. The van der Waals surface area contributed by atoms with Crippen molar-refractivity contribution >= 4 is 21.6 Å². The second-order valence-electron chi connectivity index (χ2n) is 4.34. The molecule has 1 aromatic rings. The minimum atomic E-state index is -2.89. The molecule has 0 aliphatic heterocycles. The Morgan fingerprint density at radius 3 is 2.65 bits per heavy atom. The van der Waals surface area contributed by atoms with Gasteiger partial charge in [0, 0.05) is 24.5 Å². The largest absolute Gasteiger partial charge is 0.306 e. The molecule has 0 unspecified atom stereocenters. The molecule has 0 saturated heterocycles. The normalized spacial score (nSPS) is 16.4. The van der Waals surface area contributed by atoms with Crippen molar-refractivity contribution in [3.8, 4) is 0 Å². The van der Waals surface area contributed by atoms with E-state index in [4.69, 9.17) is 0 Å². The number of thioether (sulfide) groups is 1. The average molecular weight is 275 g/mol. The van der Waals surface area contributed by atoms with Crippen LogP contribution in [0.25, 0.3) is 0 Å². The summed E-state index contributed by atoms with van der Waals surface area (Å²) in [6.07, 6.45) is 3.66. The van der Waals surface area contributed by atoms with Gasteiger partial charge in [-0.1, -0.05) is 11.8 Å². The van der Waals surface area contributed by atoms with E-state index >= 15 is 0 Å². The lowest BCUT2D eigenvalue weighted by Crippen LogP contribution is -2.07. The van der Waals surface area contributed by atoms with Crippen molar-refractivity contribution in [3.63, 3.8) is 0 Å². The van der Waals surface area contributed by atoms with E-state index in [1.54, 1.807) is 0 Å². The molecule has 1 aromatic heterocycles. The van der Waals surface area contributed by atoms with Gasteiger partial charge < -0.3 is 4.57 Å². The van der Waals surface area contributed by atoms with Gasteiger partial charge in [-0.05, 0) is 19.8 Å². The summed E-state index contributed by atoms with van der Waals surface area (Å²) in [6.45, 7) is 2.91. The third-order valence-electron chi connectivity index (χ3n) is 2.69. The predicted octanol–water partition coefficient (Wildman–Crippen LogP) is 1.31. The van der Waals surface area contributed by atoms with Crippen LogP contribution in [-0.4, -0.2) is 40.9 Å². The van der Waals surface area contributed by atoms with E-state index in [1.807, 2.05) is 0 Å². The van der Waals surface area contributed by atoms with Crippen LogP contribution in [0.4, 0.5) is 0 Å². The summed E-state index contributed by atoms with van der Waals surface area (Å²) in [7, 11) is -2.89. The summed E-state index contributed by atoms with van der Waals surface area (Å²) in [4.78, 5) is 0. The first-order valence-corrected chi connectivity index (χ1v) is 8.79. The van der Waals surface area contributed by atoms with E-state index in [1.165, 1.54) is 30.9 Å². The van der Waals surface area contributed by atoms with Crippen LogP contribution in [-0.2, 0) is 16.4 Å². The van der Waals surface area contributed by atoms with Crippen LogP contribution in [0.5, 0.6) is 0 Å². The Labute approximate surface area is 106 Å². The topological polar surface area (TPSA) is 64.8 Å². The average Bonchev–Trinajstić information content (AvgIpc) is 2.99. The molecular formula is C10H17N3O2S2. The molecule has 1 heterocycles. The van der Waals surface area contributed by atoms with E-state index in [0.717, 1.165) is 17.5 Å². The summed E-state index contributed by atoms with van der Waals surface area (Å²) in [5.41, 5.74) is 0. The van der Waals surface area contributed by atoms with Crippen LogP contribution in [0.3, 0.4) is 0 Å². The van der Waals surface area contributed by atoms with Gasteiger partial charge in [0.1, 0.15) is 15.7 Å². The van der Waals surface area contributed by atoms with E-state index in [2.05, 4.69) is 21.7 Å². The van der Waals surface area contributed by atoms with Gasteiger partial charge in [0.05, 0.1) is 5.75 Å². The first-order valence-electron chi connectivity index (χ1n) is 5.75. The molecule has 96 valence electrons. The van der Waals surface area contributed by atoms with Gasteiger partial charge in [0.2, 0.25) is 0 Å². The van der Waals surface area contributed by atoms with Crippen molar-refractivity contribution in [1.29, 1.82) is 0 Å². The molecule has 17 heavy (non-hydrogen) atoms. The van der Waals surface area contributed by atoms with Crippen LogP contribution < -0.4 is 0 Å². The summed E-state index contributed by atoms with van der Waals surface area (Å²) >= 11 is 1.47. The predicted molar refractivity (Wildman–Crippen MR) is 68.1 cm³/mol. The van der Waals surface area contributed by atoms with E-state index in [-0.39, 0.29) is 5.75 Å². The molecule has 0 aromatic carbocycles. The van der Waals surface area contributed by atoms with Gasteiger partial charge in [-0.2, -0.15) is 0 Å². The standard InChI is InChI=1S/C10H17N3O2S2/c1-3-13-9(8-4-5-8)11-12-10(13)16-6-7-17(2,14)15/h8H,3-7H2,1-2H3. The van der Waals surface area contributed by atoms with Crippen LogP contribution in [0, 0.1) is 0 Å². The number of rotatable bonds is 6. The molecule has 5 nitrogen and oxygen atoms in total. The van der Waals surface area contributed by atoms with Gasteiger partial charge in [0.25, 0.3) is 0 Å². The summed E-state index contributed by atoms with van der Waals surface area (Å²) in [6, 6.07) is 0. The minimum Gasteiger partial charge on any atom is -0.306 e. The summed E-state index contributed by atoms with van der Waals surface area (Å²) in [5.74, 6) is 2.37. The fraction of sp³-hybridized carbons (Fsp3) is 0.800. The molecule has 0 radical (unpaired) electrons. The Hall–Kier alpha value is -0.560. The lowest BCUT2D eigenvalue weighted by Gasteiger charge is -2.05. The van der Waals surface area contributed by atoms with Gasteiger partial charge in [0.15, 0.2) is 5.16 Å². The maximum atomic E-state index is 11.0. The highest BCUT2D eigenvalue weighted by Gasteiger charge is 2.29. The van der Waals surface area contributed by atoms with Crippen LogP contribution in [0.2, 0.25) is 0 Å². The fourth-order valence-electron chi connectivity index (χ4n) is 1.63. The van der Waals surface area contributed by atoms with Crippen LogP contribution in [0.15, 0.2) is 5.16 Å². The molecule has 0 spiro atoms. The number of nitrogens with zero attached hydrogens (tertiary/aromatic N) is 3. The van der Waals surface area contributed by atoms with E-state index < -0.39 is 9.84 Å². The zero-order valence-electron chi connectivity index (χ0n) is 10.1. The number of hydrogen-bond acceptors (Lipinski definition) is 5. The first-order chi connectivity index (χ1) is 8.01. The second kappa shape index (κ2) is 4.97. The maximum Gasteiger partial charge on any atom is 0.191 e. The monoisotopic (exact) mass is 275 g/mol. The number of sulfone groups is 1. The first kappa shape index (κ1) is 12.9. The zero-order chi connectivity index (χ0) is 12.5. The van der Waals surface area contributed by atoms with Crippen molar-refractivity contribution < 1.29 is 8.42 Å².